The summed E-state index contributed by atoms with van der Waals surface area (Å²) in [6.07, 6.45) is 1.82. The van der Waals surface area contributed by atoms with Crippen molar-refractivity contribution in [2.45, 2.75) is 26.3 Å². The predicted octanol–water partition coefficient (Wildman–Crippen LogP) is 2.25. The van der Waals surface area contributed by atoms with Crippen molar-refractivity contribution in [2.75, 3.05) is 31.1 Å². The first kappa shape index (κ1) is 16.4. The molecule has 1 aromatic heterocycles. The van der Waals surface area contributed by atoms with Crippen LogP contribution in [0.25, 0.3) is 0 Å². The molecular weight excluding hydrogens is 310 g/mol. The Kier molecular flexibility index (Phi) is 5.05. The summed E-state index contributed by atoms with van der Waals surface area (Å²) < 4.78 is 5.28. The maximum atomic E-state index is 11.2. The van der Waals surface area contributed by atoms with Gasteiger partial charge in [0.05, 0.1) is 11.5 Å². The normalized spacial score (nSPS) is 15.6. The van der Waals surface area contributed by atoms with E-state index in [2.05, 4.69) is 26.9 Å². The molecule has 1 aromatic carbocycles. The van der Waals surface area contributed by atoms with E-state index >= 15 is 0 Å². The van der Waals surface area contributed by atoms with Crippen molar-refractivity contribution in [1.29, 1.82) is 0 Å². The zero-order valence-electron chi connectivity index (χ0n) is 13.7. The van der Waals surface area contributed by atoms with E-state index in [1.165, 1.54) is 0 Å². The fraction of sp³-hybridized carbons (Fsp3) is 0.500. The molecule has 0 spiro atoms. The molecule has 1 aliphatic rings. The van der Waals surface area contributed by atoms with Gasteiger partial charge in [0.25, 0.3) is 5.69 Å². The lowest BCUT2D eigenvalue weighted by Crippen LogP contribution is -2.46. The van der Waals surface area contributed by atoms with Crippen LogP contribution in [0.2, 0.25) is 0 Å². The Morgan fingerprint density at radius 2 is 2.00 bits per heavy atom. The van der Waals surface area contributed by atoms with Gasteiger partial charge in [-0.1, -0.05) is 24.2 Å². The van der Waals surface area contributed by atoms with Crippen molar-refractivity contribution in [3.8, 4) is 0 Å². The number of nitro benzene ring substituents is 1. The number of aryl methyl sites for hydroxylation is 1. The average molecular weight is 331 g/mol. The first-order valence-corrected chi connectivity index (χ1v) is 8.19. The summed E-state index contributed by atoms with van der Waals surface area (Å²) in [5.74, 6) is 1.39. The Hall–Kier alpha value is -2.48. The van der Waals surface area contributed by atoms with Gasteiger partial charge in [-0.2, -0.15) is 4.98 Å². The zero-order chi connectivity index (χ0) is 16.9. The number of para-hydroxylation sites is 2. The largest absolute Gasteiger partial charge is 0.363 e. The molecule has 3 rings (SSSR count). The molecule has 1 saturated heterocycles. The molecule has 0 bridgehead atoms. The van der Waals surface area contributed by atoms with Gasteiger partial charge < -0.3 is 9.42 Å². The van der Waals surface area contributed by atoms with E-state index in [0.717, 1.165) is 44.8 Å². The molecule has 0 unspecified atom stereocenters. The molecule has 24 heavy (non-hydrogen) atoms. The maximum absolute atomic E-state index is 11.2. The van der Waals surface area contributed by atoms with Gasteiger partial charge in [0, 0.05) is 38.7 Å². The molecule has 2 aromatic rings. The van der Waals surface area contributed by atoms with Crippen molar-refractivity contribution in [1.82, 2.24) is 15.0 Å². The number of aromatic nitrogens is 2. The summed E-state index contributed by atoms with van der Waals surface area (Å²) in [6, 6.07) is 6.89. The molecule has 8 heteroatoms. The molecule has 0 aliphatic carbocycles. The van der Waals surface area contributed by atoms with Crippen LogP contribution in [0.1, 0.15) is 25.1 Å². The topological polar surface area (TPSA) is 88.5 Å². The summed E-state index contributed by atoms with van der Waals surface area (Å²) in [4.78, 5) is 19.5. The lowest BCUT2D eigenvalue weighted by Gasteiger charge is -2.35. The van der Waals surface area contributed by atoms with Gasteiger partial charge in [0.15, 0.2) is 5.82 Å². The number of nitrogens with zero attached hydrogens (tertiary/aromatic N) is 5. The number of rotatable bonds is 6. The average Bonchev–Trinajstić information content (AvgIpc) is 3.03. The third-order valence-corrected chi connectivity index (χ3v) is 4.13. The van der Waals surface area contributed by atoms with Crippen LogP contribution in [0.5, 0.6) is 0 Å². The van der Waals surface area contributed by atoms with Gasteiger partial charge in [-0.05, 0) is 12.5 Å². The van der Waals surface area contributed by atoms with Gasteiger partial charge >= 0.3 is 0 Å². The fourth-order valence-electron chi connectivity index (χ4n) is 2.90. The maximum Gasteiger partial charge on any atom is 0.292 e. The Balaban J connectivity index is 1.58. The summed E-state index contributed by atoms with van der Waals surface area (Å²) in [5, 5.41) is 15.1. The van der Waals surface area contributed by atoms with Crippen LogP contribution in [-0.2, 0) is 13.0 Å². The van der Waals surface area contributed by atoms with Gasteiger partial charge in [-0.3, -0.25) is 15.0 Å². The minimum absolute atomic E-state index is 0.159. The van der Waals surface area contributed by atoms with Crippen LogP contribution < -0.4 is 4.90 Å². The van der Waals surface area contributed by atoms with Crippen molar-refractivity contribution in [3.63, 3.8) is 0 Å². The number of benzene rings is 1. The monoisotopic (exact) mass is 331 g/mol. The van der Waals surface area contributed by atoms with Crippen LogP contribution in [0.4, 0.5) is 11.4 Å². The molecule has 2 heterocycles. The van der Waals surface area contributed by atoms with E-state index < -0.39 is 0 Å². The molecular formula is C16H21N5O3. The van der Waals surface area contributed by atoms with E-state index in [9.17, 15) is 10.1 Å². The number of hydrogen-bond acceptors (Lipinski definition) is 7. The summed E-state index contributed by atoms with van der Waals surface area (Å²) in [6.45, 7) is 5.79. The van der Waals surface area contributed by atoms with Crippen molar-refractivity contribution < 1.29 is 9.45 Å². The van der Waals surface area contributed by atoms with Crippen LogP contribution in [0.15, 0.2) is 28.8 Å². The minimum Gasteiger partial charge on any atom is -0.363 e. The van der Waals surface area contributed by atoms with Crippen LogP contribution in [0, 0.1) is 10.1 Å². The first-order chi connectivity index (χ1) is 11.7. The minimum atomic E-state index is -0.324. The third kappa shape index (κ3) is 3.70. The SMILES string of the molecule is CCCc1noc(CN2CCN(c3ccccc3[N+](=O)[O-])CC2)n1. The van der Waals surface area contributed by atoms with Crippen molar-refractivity contribution in [2.24, 2.45) is 0 Å². The molecule has 8 nitrogen and oxygen atoms in total. The highest BCUT2D eigenvalue weighted by Gasteiger charge is 2.24. The molecule has 0 radical (unpaired) electrons. The number of nitro groups is 1. The standard InChI is InChI=1S/C16H21N5O3/c1-2-5-15-17-16(24-18-15)12-19-8-10-20(11-9-19)13-6-3-4-7-14(13)21(22)23/h3-4,6-7H,2,5,8-12H2,1H3. The van der Waals surface area contributed by atoms with E-state index in [-0.39, 0.29) is 10.6 Å². The molecule has 0 saturated carbocycles. The lowest BCUT2D eigenvalue weighted by molar-refractivity contribution is -0.384. The molecule has 1 fully saturated rings. The predicted molar refractivity (Wildman–Crippen MR) is 88.9 cm³/mol. The molecule has 1 aliphatic heterocycles. The Bertz CT molecular complexity index is 695. The van der Waals surface area contributed by atoms with Crippen molar-refractivity contribution in [3.05, 3.63) is 46.1 Å². The van der Waals surface area contributed by atoms with E-state index in [1.807, 2.05) is 12.1 Å². The molecule has 0 amide bonds. The number of anilines is 1. The van der Waals surface area contributed by atoms with Crippen molar-refractivity contribution >= 4 is 11.4 Å². The van der Waals surface area contributed by atoms with Gasteiger partial charge in [-0.15, -0.1) is 0 Å². The second-order valence-electron chi connectivity index (χ2n) is 5.86. The second kappa shape index (κ2) is 7.39. The van der Waals surface area contributed by atoms with Gasteiger partial charge in [-0.25, -0.2) is 0 Å². The summed E-state index contributed by atoms with van der Waals surface area (Å²) in [5.41, 5.74) is 0.845. The van der Waals surface area contributed by atoms with Crippen LogP contribution >= 0.6 is 0 Å². The second-order valence-corrected chi connectivity index (χ2v) is 5.86. The van der Waals surface area contributed by atoms with Gasteiger partial charge in [0.2, 0.25) is 5.89 Å². The van der Waals surface area contributed by atoms with E-state index in [1.54, 1.807) is 12.1 Å². The summed E-state index contributed by atoms with van der Waals surface area (Å²) in [7, 11) is 0. The fourth-order valence-corrected chi connectivity index (χ4v) is 2.90. The van der Waals surface area contributed by atoms with E-state index in [0.29, 0.717) is 18.1 Å². The molecule has 128 valence electrons. The molecule has 0 atom stereocenters. The third-order valence-electron chi connectivity index (χ3n) is 4.13. The van der Waals surface area contributed by atoms with Crippen LogP contribution in [-0.4, -0.2) is 46.1 Å². The molecule has 0 N–H and O–H groups in total. The quantitative estimate of drug-likeness (QED) is 0.592. The smallest absolute Gasteiger partial charge is 0.292 e. The summed E-state index contributed by atoms with van der Waals surface area (Å²) >= 11 is 0. The van der Waals surface area contributed by atoms with Crippen LogP contribution in [0.3, 0.4) is 0 Å². The Labute approximate surface area is 140 Å². The zero-order valence-corrected chi connectivity index (χ0v) is 13.7. The first-order valence-electron chi connectivity index (χ1n) is 8.19. The van der Waals surface area contributed by atoms with E-state index in [4.69, 9.17) is 4.52 Å². The number of piperazine rings is 1. The number of hydrogen-bond donors (Lipinski definition) is 0. The van der Waals surface area contributed by atoms with Gasteiger partial charge in [0.1, 0.15) is 5.69 Å². The highest BCUT2D eigenvalue weighted by atomic mass is 16.6. The Morgan fingerprint density at radius 1 is 1.25 bits per heavy atom. The lowest BCUT2D eigenvalue weighted by atomic mass is 10.2. The highest BCUT2D eigenvalue weighted by Crippen LogP contribution is 2.28. The highest BCUT2D eigenvalue weighted by molar-refractivity contribution is 5.63. The Morgan fingerprint density at radius 3 is 2.71 bits per heavy atom.